The van der Waals surface area contributed by atoms with Gasteiger partial charge in [0.2, 0.25) is 6.54 Å². The van der Waals surface area contributed by atoms with Gasteiger partial charge in [-0.15, -0.1) is 0 Å². The van der Waals surface area contributed by atoms with Crippen LogP contribution in [-0.2, 0) is 21.0 Å². The van der Waals surface area contributed by atoms with Crippen LogP contribution in [0.3, 0.4) is 0 Å². The molecule has 1 fully saturated rings. The Balaban J connectivity index is 1.98. The number of aryl methyl sites for hydroxylation is 1. The van der Waals surface area contributed by atoms with Gasteiger partial charge in [0.05, 0.1) is 5.69 Å². The quantitative estimate of drug-likeness (QED) is 0.264. The maximum atomic E-state index is 13.2. The molecule has 2 aromatic rings. The molecule has 0 saturated carbocycles. The highest BCUT2D eigenvalue weighted by atomic mass is 32.2. The number of pyridine rings is 1. The van der Waals surface area contributed by atoms with E-state index in [4.69, 9.17) is 0 Å². The average molecular weight is 494 g/mol. The number of benzene rings is 1. The van der Waals surface area contributed by atoms with Gasteiger partial charge in [0.15, 0.2) is 6.54 Å². The molecule has 1 saturated heterocycles. The van der Waals surface area contributed by atoms with E-state index in [1.54, 1.807) is 6.92 Å². The zero-order chi connectivity index (χ0) is 24.6. The molecule has 1 unspecified atom stereocenters. The predicted octanol–water partition coefficient (Wildman–Crippen LogP) is 4.51. The monoisotopic (exact) mass is 494 g/mol. The van der Waals surface area contributed by atoms with Crippen LogP contribution in [0.4, 0.5) is 36.8 Å². The molecule has 14 heteroatoms. The van der Waals surface area contributed by atoms with Crippen LogP contribution in [0.1, 0.15) is 11.1 Å². The van der Waals surface area contributed by atoms with Crippen molar-refractivity contribution >= 4 is 35.4 Å². The summed E-state index contributed by atoms with van der Waals surface area (Å²) in [5.41, 5.74) is -4.00. The third kappa shape index (κ3) is 5.45. The maximum absolute atomic E-state index is 13.2. The first-order valence-corrected chi connectivity index (χ1v) is 9.84. The van der Waals surface area contributed by atoms with Crippen molar-refractivity contribution in [3.05, 3.63) is 53.9 Å². The van der Waals surface area contributed by atoms with Crippen molar-refractivity contribution in [2.75, 3.05) is 11.4 Å². The number of alkyl halides is 6. The van der Waals surface area contributed by atoms with E-state index in [-0.39, 0.29) is 10.6 Å². The molecule has 3 amide bonds. The van der Waals surface area contributed by atoms with E-state index in [1.165, 1.54) is 18.5 Å². The Labute approximate surface area is 186 Å². The first-order chi connectivity index (χ1) is 15.2. The van der Waals surface area contributed by atoms with Gasteiger partial charge in [0, 0.05) is 22.9 Å². The Morgan fingerprint density at radius 1 is 1.12 bits per heavy atom. The van der Waals surface area contributed by atoms with Crippen LogP contribution in [0, 0.1) is 6.92 Å². The number of carbonyl (C=O) groups is 3. The van der Waals surface area contributed by atoms with Gasteiger partial charge in [-0.2, -0.15) is 31.2 Å². The fraction of sp³-hybridized carbons (Fsp3) is 0.263. The van der Waals surface area contributed by atoms with Crippen LogP contribution < -0.4 is 4.90 Å². The number of imide groups is 1. The second kappa shape index (κ2) is 8.67. The highest BCUT2D eigenvalue weighted by Crippen LogP contribution is 2.38. The number of aromatic nitrogens is 1. The van der Waals surface area contributed by atoms with Gasteiger partial charge in [0.1, 0.15) is 0 Å². The summed E-state index contributed by atoms with van der Waals surface area (Å²) in [6, 6.07) is 4.15. The van der Waals surface area contributed by atoms with Crippen LogP contribution in [0.15, 0.2) is 47.6 Å². The molecule has 1 aliphatic rings. The number of urea groups is 1. The first-order valence-electron chi connectivity index (χ1n) is 9.02. The van der Waals surface area contributed by atoms with Crippen molar-refractivity contribution in [2.45, 2.75) is 30.0 Å². The topological polar surface area (TPSA) is 76.6 Å². The Hall–Kier alpha value is -3.13. The number of hydrogen-bond donors (Lipinski definition) is 0. The summed E-state index contributed by atoms with van der Waals surface area (Å²) >= 11 is -0.425. The second-order valence-electron chi connectivity index (χ2n) is 6.94. The number of nitrogens with zero attached hydrogens (tertiary/aromatic N) is 3. The molecule has 33 heavy (non-hydrogen) atoms. The highest BCUT2D eigenvalue weighted by molar-refractivity contribution is 8.00. The molecule has 0 aliphatic carbocycles. The highest BCUT2D eigenvalue weighted by Gasteiger charge is 2.60. The minimum atomic E-state index is -5.44. The molecule has 0 radical (unpaired) electrons. The number of thioether (sulfide) groups is 1. The van der Waals surface area contributed by atoms with Gasteiger partial charge in [-0.3, -0.25) is 14.6 Å². The number of quaternary nitrogens is 1. The molecule has 0 bridgehead atoms. The molecular formula is C19H14F6N3O4S+. The number of amides is 3. The summed E-state index contributed by atoms with van der Waals surface area (Å²) in [7, 11) is 0. The Bertz CT molecular complexity index is 1090. The molecule has 1 aliphatic heterocycles. The van der Waals surface area contributed by atoms with Crippen LogP contribution >= 0.6 is 11.8 Å². The number of anilines is 1. The lowest BCUT2D eigenvalue weighted by Gasteiger charge is -2.27. The van der Waals surface area contributed by atoms with Crippen molar-refractivity contribution in [3.63, 3.8) is 0 Å². The van der Waals surface area contributed by atoms with Crippen molar-refractivity contribution in [1.82, 2.24) is 4.98 Å². The fourth-order valence-corrected chi connectivity index (χ4v) is 3.63. The number of halogens is 6. The number of hydrogen-bond acceptors (Lipinski definition) is 6. The largest absolute Gasteiger partial charge is 0.497 e. The Morgan fingerprint density at radius 3 is 2.30 bits per heavy atom. The van der Waals surface area contributed by atoms with E-state index < -0.39 is 59.1 Å². The average Bonchev–Trinajstić information content (AvgIpc) is 2.92. The van der Waals surface area contributed by atoms with E-state index in [0.29, 0.717) is 16.0 Å². The lowest BCUT2D eigenvalue weighted by Crippen LogP contribution is -2.53. The normalized spacial score (nSPS) is 19.2. The summed E-state index contributed by atoms with van der Waals surface area (Å²) in [5, 5.41) is 0. The van der Waals surface area contributed by atoms with Gasteiger partial charge in [0.25, 0.3) is 5.91 Å². The van der Waals surface area contributed by atoms with Crippen molar-refractivity contribution in [1.29, 1.82) is 0 Å². The molecule has 1 aromatic heterocycles. The Kier molecular flexibility index (Phi) is 6.44. The zero-order valence-electron chi connectivity index (χ0n) is 16.6. The summed E-state index contributed by atoms with van der Waals surface area (Å²) in [4.78, 5) is 46.0. The smallest absolute Gasteiger partial charge is 0.267 e. The third-order valence-electron chi connectivity index (χ3n) is 4.56. The molecule has 2 heterocycles. The first kappa shape index (κ1) is 24.5. The third-order valence-corrected chi connectivity index (χ3v) is 5.30. The van der Waals surface area contributed by atoms with Gasteiger partial charge < -0.3 is 0 Å². The lowest BCUT2D eigenvalue weighted by molar-refractivity contribution is -1.02. The molecule has 0 spiro atoms. The Morgan fingerprint density at radius 2 is 1.76 bits per heavy atom. The molecular weight excluding hydrogens is 480 g/mol. The number of hydroxylamine groups is 3. The van der Waals surface area contributed by atoms with Crippen LogP contribution in [0.5, 0.6) is 0 Å². The summed E-state index contributed by atoms with van der Waals surface area (Å²) in [6.07, 6.45) is -2.76. The molecule has 1 aromatic carbocycles. The van der Waals surface area contributed by atoms with E-state index in [2.05, 4.69) is 9.82 Å². The molecule has 7 nitrogen and oxygen atoms in total. The second-order valence-corrected chi connectivity index (χ2v) is 8.08. The van der Waals surface area contributed by atoms with E-state index in [9.17, 15) is 40.7 Å². The summed E-state index contributed by atoms with van der Waals surface area (Å²) in [6.45, 7) is 0.0162. The minimum Gasteiger partial charge on any atom is -0.267 e. The number of carbonyl (C=O) groups excluding carboxylic acids is 3. The standard InChI is InChI=1S/C19H14F6N3O4S/c1-11-8-26-7-6-12(11)9-28(32-16(30)18(20,21)22)10-15(29)27(17(28)31)13-2-4-14(5-3-13)33-19(23,24)25/h2-8H,9-10H2,1H3/q+1. The lowest BCUT2D eigenvalue weighted by atomic mass is 10.1. The van der Waals surface area contributed by atoms with Crippen LogP contribution in [-0.4, -0.2) is 45.8 Å². The number of rotatable bonds is 5. The predicted molar refractivity (Wildman–Crippen MR) is 101 cm³/mol. The molecule has 176 valence electrons. The SMILES string of the molecule is Cc1cnccc1C[N+]1(OC(=O)C(F)(F)F)CC(=O)N(c2ccc(SC(F)(F)F)cc2)C1=O. The van der Waals surface area contributed by atoms with Gasteiger partial charge in [-0.25, -0.2) is 9.59 Å². The van der Waals surface area contributed by atoms with Crippen LogP contribution in [0.2, 0.25) is 0 Å². The van der Waals surface area contributed by atoms with Gasteiger partial charge >= 0.3 is 23.7 Å². The van der Waals surface area contributed by atoms with Gasteiger partial charge in [-0.05, 0) is 59.2 Å². The van der Waals surface area contributed by atoms with E-state index in [0.717, 1.165) is 24.3 Å². The van der Waals surface area contributed by atoms with Crippen molar-refractivity contribution < 1.29 is 50.2 Å². The summed E-state index contributed by atoms with van der Waals surface area (Å²) < 4.78 is 74.7. The van der Waals surface area contributed by atoms with E-state index >= 15 is 0 Å². The molecule has 0 N–H and O–H groups in total. The molecule has 3 rings (SSSR count). The zero-order valence-corrected chi connectivity index (χ0v) is 17.4. The maximum Gasteiger partial charge on any atom is 0.497 e. The summed E-state index contributed by atoms with van der Waals surface area (Å²) in [5.74, 6) is -3.67. The van der Waals surface area contributed by atoms with Crippen LogP contribution in [0.25, 0.3) is 0 Å². The fourth-order valence-electron chi connectivity index (χ4n) is 3.09. The van der Waals surface area contributed by atoms with Crippen molar-refractivity contribution in [2.24, 2.45) is 0 Å². The van der Waals surface area contributed by atoms with E-state index in [1.807, 2.05) is 0 Å². The van der Waals surface area contributed by atoms with Gasteiger partial charge in [-0.1, -0.05) is 0 Å². The molecule has 1 atom stereocenters. The van der Waals surface area contributed by atoms with Crippen molar-refractivity contribution in [3.8, 4) is 0 Å². The minimum absolute atomic E-state index is 0.189.